The average molecular weight is 324 g/mol. The number of carbonyl (C=O) groups is 2. The third-order valence-corrected chi connectivity index (χ3v) is 3.42. The zero-order valence-electron chi connectivity index (χ0n) is 13.9. The van der Waals surface area contributed by atoms with Crippen molar-refractivity contribution in [1.82, 2.24) is 5.32 Å². The van der Waals surface area contributed by atoms with Crippen LogP contribution in [0.3, 0.4) is 0 Å². The molecule has 5 heteroatoms. The Hall–Kier alpha value is -3.08. The van der Waals surface area contributed by atoms with Crippen LogP contribution in [0.15, 0.2) is 48.5 Å². The van der Waals surface area contributed by atoms with Crippen LogP contribution in [0, 0.1) is 6.92 Å². The fourth-order valence-corrected chi connectivity index (χ4v) is 2.22. The van der Waals surface area contributed by atoms with Crippen molar-refractivity contribution in [3.63, 3.8) is 0 Å². The number of rotatable bonds is 5. The molecule has 0 unspecified atom stereocenters. The van der Waals surface area contributed by atoms with Gasteiger partial charge in [-0.1, -0.05) is 17.7 Å². The van der Waals surface area contributed by atoms with Crippen LogP contribution < -0.4 is 15.4 Å². The molecule has 0 spiro atoms. The van der Waals surface area contributed by atoms with Crippen molar-refractivity contribution in [3.8, 4) is 5.75 Å². The summed E-state index contributed by atoms with van der Waals surface area (Å²) >= 11 is 0. The summed E-state index contributed by atoms with van der Waals surface area (Å²) in [5, 5.41) is 5.28. The van der Waals surface area contributed by atoms with Gasteiger partial charge >= 0.3 is 0 Å². The summed E-state index contributed by atoms with van der Waals surface area (Å²) in [6.45, 7) is 1.97. The van der Waals surface area contributed by atoms with E-state index in [-0.39, 0.29) is 11.8 Å². The molecule has 0 atom stereocenters. The number of nitrogens with one attached hydrogen (secondary N) is 2. The molecule has 124 valence electrons. The number of anilines is 1. The Morgan fingerprint density at radius 1 is 1.12 bits per heavy atom. The van der Waals surface area contributed by atoms with Gasteiger partial charge in [0, 0.05) is 29.9 Å². The van der Waals surface area contributed by atoms with E-state index in [1.807, 2.05) is 25.1 Å². The van der Waals surface area contributed by atoms with E-state index < -0.39 is 0 Å². The number of hydrogen-bond acceptors (Lipinski definition) is 3. The van der Waals surface area contributed by atoms with E-state index in [9.17, 15) is 9.59 Å². The van der Waals surface area contributed by atoms with Gasteiger partial charge in [-0.3, -0.25) is 9.59 Å². The molecule has 0 aromatic heterocycles. The number of aryl methyl sites for hydroxylation is 1. The van der Waals surface area contributed by atoms with Gasteiger partial charge in [-0.05, 0) is 43.3 Å². The van der Waals surface area contributed by atoms with Crippen molar-refractivity contribution in [2.45, 2.75) is 6.92 Å². The second-order valence-electron chi connectivity index (χ2n) is 5.23. The summed E-state index contributed by atoms with van der Waals surface area (Å²) in [6, 6.07) is 12.5. The molecule has 2 aromatic carbocycles. The summed E-state index contributed by atoms with van der Waals surface area (Å²) in [4.78, 5) is 23.7. The zero-order valence-corrected chi connectivity index (χ0v) is 13.9. The lowest BCUT2D eigenvalue weighted by atomic mass is 10.1. The number of ether oxygens (including phenoxy) is 1. The minimum absolute atomic E-state index is 0.203. The van der Waals surface area contributed by atoms with Crippen molar-refractivity contribution >= 4 is 23.6 Å². The minimum Gasteiger partial charge on any atom is -0.496 e. The predicted octanol–water partition coefficient (Wildman–Crippen LogP) is 3.02. The van der Waals surface area contributed by atoms with Crippen molar-refractivity contribution < 1.29 is 14.3 Å². The number of methoxy groups -OCH3 is 1. The van der Waals surface area contributed by atoms with E-state index >= 15 is 0 Å². The molecule has 0 aliphatic heterocycles. The second kappa shape index (κ2) is 7.97. The van der Waals surface area contributed by atoms with Crippen LogP contribution in [0.5, 0.6) is 5.75 Å². The Morgan fingerprint density at radius 2 is 1.92 bits per heavy atom. The molecular formula is C19H20N2O3. The fourth-order valence-electron chi connectivity index (χ4n) is 2.22. The van der Waals surface area contributed by atoms with Crippen molar-refractivity contribution in [1.29, 1.82) is 0 Å². The van der Waals surface area contributed by atoms with Gasteiger partial charge in [-0.25, -0.2) is 0 Å². The molecule has 2 aromatic rings. The average Bonchev–Trinajstić information content (AvgIpc) is 2.59. The molecule has 2 rings (SSSR count). The lowest BCUT2D eigenvalue weighted by molar-refractivity contribution is -0.111. The molecule has 0 radical (unpaired) electrons. The van der Waals surface area contributed by atoms with E-state index in [1.165, 1.54) is 6.08 Å². The highest BCUT2D eigenvalue weighted by molar-refractivity contribution is 6.03. The molecule has 0 saturated carbocycles. The van der Waals surface area contributed by atoms with Gasteiger partial charge in [0.2, 0.25) is 5.91 Å². The van der Waals surface area contributed by atoms with Crippen LogP contribution >= 0.6 is 0 Å². The SMILES string of the molecule is CNC(=O)c1cccc(NC(=O)/C=C/c2cc(C)ccc2OC)c1. The topological polar surface area (TPSA) is 67.4 Å². The molecule has 2 N–H and O–H groups in total. The third-order valence-electron chi connectivity index (χ3n) is 3.42. The standard InChI is InChI=1S/C19H20N2O3/c1-13-7-9-17(24-3)14(11-13)8-10-18(22)21-16-6-4-5-15(12-16)19(23)20-2/h4-12H,1-3H3,(H,20,23)(H,21,22)/b10-8+. The molecule has 0 aliphatic carbocycles. The first-order valence-corrected chi connectivity index (χ1v) is 7.49. The maximum Gasteiger partial charge on any atom is 0.251 e. The van der Waals surface area contributed by atoms with Gasteiger partial charge < -0.3 is 15.4 Å². The Kier molecular flexibility index (Phi) is 5.73. The fraction of sp³-hybridized carbons (Fsp3) is 0.158. The molecule has 5 nitrogen and oxygen atoms in total. The highest BCUT2D eigenvalue weighted by atomic mass is 16.5. The van der Waals surface area contributed by atoms with Crippen molar-refractivity contribution in [3.05, 3.63) is 65.2 Å². The summed E-state index contributed by atoms with van der Waals surface area (Å²) in [5.41, 5.74) is 2.95. The molecule has 0 aliphatic rings. The van der Waals surface area contributed by atoms with Gasteiger partial charge in [0.05, 0.1) is 7.11 Å². The molecule has 24 heavy (non-hydrogen) atoms. The number of amides is 2. The van der Waals surface area contributed by atoms with Crippen molar-refractivity contribution in [2.24, 2.45) is 0 Å². The summed E-state index contributed by atoms with van der Waals surface area (Å²) in [5.74, 6) is 0.213. The van der Waals surface area contributed by atoms with Gasteiger partial charge in [-0.2, -0.15) is 0 Å². The van der Waals surface area contributed by atoms with Gasteiger partial charge in [0.1, 0.15) is 5.75 Å². The normalized spacial score (nSPS) is 10.5. The molecule has 0 fully saturated rings. The van der Waals surface area contributed by atoms with Crippen LogP contribution in [-0.4, -0.2) is 26.0 Å². The zero-order chi connectivity index (χ0) is 17.5. The number of hydrogen-bond donors (Lipinski definition) is 2. The maximum absolute atomic E-state index is 12.1. The van der Waals surface area contributed by atoms with Crippen LogP contribution in [-0.2, 0) is 4.79 Å². The lowest BCUT2D eigenvalue weighted by Gasteiger charge is -2.06. The van der Waals surface area contributed by atoms with Crippen LogP contribution in [0.1, 0.15) is 21.5 Å². The molecule has 0 saturated heterocycles. The van der Waals surface area contributed by atoms with E-state index in [0.717, 1.165) is 11.1 Å². The number of carbonyl (C=O) groups excluding carboxylic acids is 2. The molecule has 0 heterocycles. The highest BCUT2D eigenvalue weighted by Crippen LogP contribution is 2.21. The predicted molar refractivity (Wildman–Crippen MR) is 95.2 cm³/mol. The third kappa shape index (κ3) is 4.46. The first-order valence-electron chi connectivity index (χ1n) is 7.49. The summed E-state index contributed by atoms with van der Waals surface area (Å²) < 4.78 is 5.28. The largest absolute Gasteiger partial charge is 0.496 e. The Morgan fingerprint density at radius 3 is 2.62 bits per heavy atom. The summed E-state index contributed by atoms with van der Waals surface area (Å²) in [7, 11) is 3.15. The first kappa shape index (κ1) is 17.3. The molecule has 2 amide bonds. The second-order valence-corrected chi connectivity index (χ2v) is 5.23. The maximum atomic E-state index is 12.1. The summed E-state index contributed by atoms with van der Waals surface area (Å²) in [6.07, 6.45) is 3.13. The first-order chi connectivity index (χ1) is 11.5. The van der Waals surface area contributed by atoms with E-state index in [4.69, 9.17) is 4.74 Å². The van der Waals surface area contributed by atoms with E-state index in [1.54, 1.807) is 44.5 Å². The lowest BCUT2D eigenvalue weighted by Crippen LogP contribution is -2.18. The number of benzene rings is 2. The van der Waals surface area contributed by atoms with E-state index in [0.29, 0.717) is 17.0 Å². The molecule has 0 bridgehead atoms. The Balaban J connectivity index is 2.11. The van der Waals surface area contributed by atoms with Crippen LogP contribution in [0.2, 0.25) is 0 Å². The van der Waals surface area contributed by atoms with Crippen LogP contribution in [0.25, 0.3) is 6.08 Å². The van der Waals surface area contributed by atoms with Crippen LogP contribution in [0.4, 0.5) is 5.69 Å². The Labute approximate surface area is 141 Å². The van der Waals surface area contributed by atoms with Gasteiger partial charge in [-0.15, -0.1) is 0 Å². The quantitative estimate of drug-likeness (QED) is 0.831. The monoisotopic (exact) mass is 324 g/mol. The van der Waals surface area contributed by atoms with Crippen molar-refractivity contribution in [2.75, 3.05) is 19.5 Å². The Bertz CT molecular complexity index is 782. The van der Waals surface area contributed by atoms with E-state index in [2.05, 4.69) is 10.6 Å². The minimum atomic E-state index is -0.285. The highest BCUT2D eigenvalue weighted by Gasteiger charge is 2.05. The van der Waals surface area contributed by atoms with Gasteiger partial charge in [0.25, 0.3) is 5.91 Å². The smallest absolute Gasteiger partial charge is 0.251 e. The molecular weight excluding hydrogens is 304 g/mol. The van der Waals surface area contributed by atoms with Gasteiger partial charge in [0.15, 0.2) is 0 Å².